The van der Waals surface area contributed by atoms with Crippen molar-refractivity contribution in [2.45, 2.75) is 19.4 Å². The van der Waals surface area contributed by atoms with Gasteiger partial charge in [0.1, 0.15) is 18.5 Å². The zero-order valence-corrected chi connectivity index (χ0v) is 14.8. The van der Waals surface area contributed by atoms with Crippen molar-refractivity contribution >= 4 is 11.6 Å². The number of hydrogen-bond acceptors (Lipinski definition) is 4. The highest BCUT2D eigenvalue weighted by Gasteiger charge is 2.13. The van der Waals surface area contributed by atoms with Crippen molar-refractivity contribution in [1.29, 1.82) is 0 Å². The molecule has 0 spiro atoms. The van der Waals surface area contributed by atoms with Crippen LogP contribution in [0.5, 0.6) is 5.75 Å². The van der Waals surface area contributed by atoms with Crippen molar-refractivity contribution in [2.75, 3.05) is 32.1 Å². The number of nitrogens with zero attached hydrogens (tertiary/aromatic N) is 1. The summed E-state index contributed by atoms with van der Waals surface area (Å²) < 4.78 is 5.52. The molecule has 0 bridgehead atoms. The van der Waals surface area contributed by atoms with Gasteiger partial charge < -0.3 is 15.2 Å². The summed E-state index contributed by atoms with van der Waals surface area (Å²) in [4.78, 5) is 14.0. The van der Waals surface area contributed by atoms with E-state index in [0.29, 0.717) is 6.54 Å². The minimum Gasteiger partial charge on any atom is -0.491 e. The third-order valence-corrected chi connectivity index (χ3v) is 3.79. The fraction of sp³-hybridized carbons (Fsp3) is 0.350. The van der Waals surface area contributed by atoms with Crippen molar-refractivity contribution < 1.29 is 14.6 Å². The van der Waals surface area contributed by atoms with Gasteiger partial charge in [-0.25, -0.2) is 0 Å². The van der Waals surface area contributed by atoms with Crippen LogP contribution in [0.15, 0.2) is 54.6 Å². The number of amides is 1. The molecule has 0 aliphatic rings. The number of carbonyl (C=O) groups is 1. The lowest BCUT2D eigenvalue weighted by atomic mass is 10.1. The molecular formula is C20H26N2O3. The average Bonchev–Trinajstić information content (AvgIpc) is 2.61. The summed E-state index contributed by atoms with van der Waals surface area (Å²) in [6.07, 6.45) is 0.197. The summed E-state index contributed by atoms with van der Waals surface area (Å²) in [5, 5.41) is 13.0. The Kier molecular flexibility index (Phi) is 7.44. The topological polar surface area (TPSA) is 61.8 Å². The van der Waals surface area contributed by atoms with Crippen LogP contribution in [-0.4, -0.2) is 48.8 Å². The Morgan fingerprint density at radius 1 is 1.16 bits per heavy atom. The summed E-state index contributed by atoms with van der Waals surface area (Å²) in [5.74, 6) is 0.623. The number of para-hydroxylation sites is 2. The van der Waals surface area contributed by atoms with Gasteiger partial charge in [-0.1, -0.05) is 43.3 Å². The monoisotopic (exact) mass is 342 g/mol. The number of nitrogens with one attached hydrogen (secondary N) is 1. The summed E-state index contributed by atoms with van der Waals surface area (Å²) >= 11 is 0. The van der Waals surface area contributed by atoms with Gasteiger partial charge in [-0.05, 0) is 37.2 Å². The zero-order valence-electron chi connectivity index (χ0n) is 14.8. The molecule has 2 aromatic rings. The molecule has 134 valence electrons. The van der Waals surface area contributed by atoms with Crippen LogP contribution in [0.25, 0.3) is 0 Å². The zero-order chi connectivity index (χ0) is 18.1. The standard InChI is InChI=1S/C20H26N2O3/c1-3-16-9-7-8-12-19(16)21-20(24)14-22(2)13-17(23)15-25-18-10-5-4-6-11-18/h4-12,17,23H,3,13-15H2,1-2H3,(H,21,24). The number of aliphatic hydroxyl groups is 1. The Balaban J connectivity index is 1.75. The van der Waals surface area contributed by atoms with Gasteiger partial charge in [0.2, 0.25) is 5.91 Å². The number of likely N-dealkylation sites (N-methyl/N-ethyl adjacent to an activating group) is 1. The Bertz CT molecular complexity index is 661. The van der Waals surface area contributed by atoms with Crippen LogP contribution in [0.3, 0.4) is 0 Å². The van der Waals surface area contributed by atoms with Gasteiger partial charge >= 0.3 is 0 Å². The maximum atomic E-state index is 12.2. The van der Waals surface area contributed by atoms with Crippen LogP contribution in [0, 0.1) is 0 Å². The van der Waals surface area contributed by atoms with Gasteiger partial charge in [-0.3, -0.25) is 9.69 Å². The molecule has 1 atom stereocenters. The number of anilines is 1. The molecule has 0 saturated carbocycles. The second kappa shape index (κ2) is 9.81. The first kappa shape index (κ1) is 19.0. The Morgan fingerprint density at radius 3 is 2.56 bits per heavy atom. The maximum absolute atomic E-state index is 12.2. The molecular weight excluding hydrogens is 316 g/mol. The molecule has 1 unspecified atom stereocenters. The van der Waals surface area contributed by atoms with Crippen molar-refractivity contribution in [3.8, 4) is 5.75 Å². The molecule has 5 nitrogen and oxygen atoms in total. The van der Waals surface area contributed by atoms with E-state index in [9.17, 15) is 9.90 Å². The first-order valence-electron chi connectivity index (χ1n) is 8.50. The number of hydrogen-bond donors (Lipinski definition) is 2. The normalized spacial score (nSPS) is 12.0. The summed E-state index contributed by atoms with van der Waals surface area (Å²) in [7, 11) is 1.80. The van der Waals surface area contributed by atoms with E-state index in [1.165, 1.54) is 0 Å². The lowest BCUT2D eigenvalue weighted by Crippen LogP contribution is -2.37. The van der Waals surface area contributed by atoms with Crippen LogP contribution in [0.2, 0.25) is 0 Å². The molecule has 0 aliphatic carbocycles. The summed E-state index contributed by atoms with van der Waals surface area (Å²) in [6.45, 7) is 2.81. The highest BCUT2D eigenvalue weighted by Crippen LogP contribution is 2.15. The quantitative estimate of drug-likeness (QED) is 0.735. The van der Waals surface area contributed by atoms with Crippen LogP contribution < -0.4 is 10.1 Å². The Morgan fingerprint density at radius 2 is 1.84 bits per heavy atom. The first-order valence-corrected chi connectivity index (χ1v) is 8.50. The number of aryl methyl sites for hydroxylation is 1. The molecule has 0 saturated heterocycles. The van der Waals surface area contributed by atoms with Crippen molar-refractivity contribution in [1.82, 2.24) is 4.90 Å². The van der Waals surface area contributed by atoms with Gasteiger partial charge in [0.15, 0.2) is 0 Å². The Labute approximate surface area is 149 Å². The largest absolute Gasteiger partial charge is 0.491 e. The van der Waals surface area contributed by atoms with Crippen molar-refractivity contribution in [3.63, 3.8) is 0 Å². The highest BCUT2D eigenvalue weighted by atomic mass is 16.5. The molecule has 5 heteroatoms. The van der Waals surface area contributed by atoms with Gasteiger partial charge in [-0.15, -0.1) is 0 Å². The smallest absolute Gasteiger partial charge is 0.238 e. The minimum absolute atomic E-state index is 0.0976. The minimum atomic E-state index is -0.666. The summed E-state index contributed by atoms with van der Waals surface area (Å²) in [6, 6.07) is 17.1. The molecule has 0 aromatic heterocycles. The highest BCUT2D eigenvalue weighted by molar-refractivity contribution is 5.92. The molecule has 2 rings (SSSR count). The van der Waals surface area contributed by atoms with E-state index in [1.54, 1.807) is 11.9 Å². The predicted octanol–water partition coefficient (Wildman–Crippen LogP) is 2.56. The van der Waals surface area contributed by atoms with E-state index in [2.05, 4.69) is 12.2 Å². The fourth-order valence-corrected chi connectivity index (χ4v) is 2.57. The number of benzene rings is 2. The lowest BCUT2D eigenvalue weighted by Gasteiger charge is -2.20. The molecule has 0 heterocycles. The maximum Gasteiger partial charge on any atom is 0.238 e. The van der Waals surface area contributed by atoms with Crippen LogP contribution >= 0.6 is 0 Å². The number of ether oxygens (including phenoxy) is 1. The summed E-state index contributed by atoms with van der Waals surface area (Å²) in [5.41, 5.74) is 1.95. The van der Waals surface area contributed by atoms with Crippen molar-refractivity contribution in [3.05, 3.63) is 60.2 Å². The van der Waals surface area contributed by atoms with Gasteiger partial charge in [0.05, 0.1) is 6.54 Å². The SMILES string of the molecule is CCc1ccccc1NC(=O)CN(C)CC(O)COc1ccccc1. The van der Waals surface area contributed by atoms with Crippen molar-refractivity contribution in [2.24, 2.45) is 0 Å². The van der Waals surface area contributed by atoms with E-state index in [4.69, 9.17) is 4.74 Å². The second-order valence-electron chi connectivity index (χ2n) is 6.03. The molecule has 0 aliphatic heterocycles. The van der Waals surface area contributed by atoms with Crippen LogP contribution in [-0.2, 0) is 11.2 Å². The molecule has 2 N–H and O–H groups in total. The van der Waals surface area contributed by atoms with E-state index >= 15 is 0 Å². The molecule has 1 amide bonds. The average molecular weight is 342 g/mol. The molecule has 2 aromatic carbocycles. The van der Waals surface area contributed by atoms with Gasteiger partial charge in [0.25, 0.3) is 0 Å². The van der Waals surface area contributed by atoms with E-state index in [-0.39, 0.29) is 19.1 Å². The third kappa shape index (κ3) is 6.57. The predicted molar refractivity (Wildman–Crippen MR) is 99.9 cm³/mol. The van der Waals surface area contributed by atoms with Gasteiger partial charge in [-0.2, -0.15) is 0 Å². The van der Waals surface area contributed by atoms with Crippen LogP contribution in [0.1, 0.15) is 12.5 Å². The fourth-order valence-electron chi connectivity index (χ4n) is 2.57. The number of rotatable bonds is 9. The molecule has 25 heavy (non-hydrogen) atoms. The third-order valence-electron chi connectivity index (χ3n) is 3.79. The number of aliphatic hydroxyl groups excluding tert-OH is 1. The van der Waals surface area contributed by atoms with E-state index in [0.717, 1.165) is 23.4 Å². The Hall–Kier alpha value is -2.37. The van der Waals surface area contributed by atoms with Crippen LogP contribution in [0.4, 0.5) is 5.69 Å². The van der Waals surface area contributed by atoms with E-state index in [1.807, 2.05) is 54.6 Å². The van der Waals surface area contributed by atoms with Gasteiger partial charge in [0, 0.05) is 12.2 Å². The number of carbonyl (C=O) groups excluding carboxylic acids is 1. The lowest BCUT2D eigenvalue weighted by molar-refractivity contribution is -0.117. The first-order chi connectivity index (χ1) is 12.1. The van der Waals surface area contributed by atoms with E-state index < -0.39 is 6.10 Å². The molecule has 0 radical (unpaired) electrons. The second-order valence-corrected chi connectivity index (χ2v) is 6.03. The molecule has 0 fully saturated rings.